The highest BCUT2D eigenvalue weighted by Gasteiger charge is 2.34. The smallest absolute Gasteiger partial charge is 0.236 e. The Hall–Kier alpha value is -0.650. The third-order valence-electron chi connectivity index (χ3n) is 4.27. The number of piperidine rings is 1. The van der Waals surface area contributed by atoms with E-state index in [-0.39, 0.29) is 5.91 Å². The molecule has 0 aromatic heterocycles. The van der Waals surface area contributed by atoms with E-state index in [1.807, 2.05) is 0 Å². The number of nitrogens with zero attached hydrogens (tertiary/aromatic N) is 2. The molecule has 2 aliphatic heterocycles. The molecule has 0 aliphatic carbocycles. The maximum absolute atomic E-state index is 12.3. The van der Waals surface area contributed by atoms with Crippen molar-refractivity contribution >= 4 is 5.91 Å². The van der Waals surface area contributed by atoms with E-state index in [1.54, 1.807) is 7.11 Å². The van der Waals surface area contributed by atoms with Crippen LogP contribution in [0.5, 0.6) is 0 Å². The highest BCUT2D eigenvalue weighted by atomic mass is 16.5. The van der Waals surface area contributed by atoms with Gasteiger partial charge in [-0.2, -0.15) is 0 Å². The monoisotopic (exact) mass is 269 g/mol. The average Bonchev–Trinajstić information content (AvgIpc) is 2.42. The molecule has 2 atom stereocenters. The zero-order valence-electron chi connectivity index (χ0n) is 12.2. The molecule has 2 aliphatic rings. The fraction of sp³-hybridized carbons (Fsp3) is 0.929. The van der Waals surface area contributed by atoms with Crippen LogP contribution < -0.4 is 5.32 Å². The summed E-state index contributed by atoms with van der Waals surface area (Å²) < 4.78 is 4.97. The van der Waals surface area contributed by atoms with Crippen molar-refractivity contribution in [3.05, 3.63) is 0 Å². The molecule has 0 bridgehead atoms. The molecule has 2 fully saturated rings. The second-order valence-electron chi connectivity index (χ2n) is 5.71. The van der Waals surface area contributed by atoms with Gasteiger partial charge in [-0.25, -0.2) is 0 Å². The van der Waals surface area contributed by atoms with Crippen molar-refractivity contribution in [1.82, 2.24) is 15.1 Å². The summed E-state index contributed by atoms with van der Waals surface area (Å²) in [7, 11) is 1.67. The number of rotatable bonds is 5. The number of fused-ring (bicyclic) bond motifs is 1. The first-order valence-electron chi connectivity index (χ1n) is 7.45. The fourth-order valence-corrected chi connectivity index (χ4v) is 3.17. The Balaban J connectivity index is 1.80. The minimum Gasteiger partial charge on any atom is -0.383 e. The van der Waals surface area contributed by atoms with Crippen LogP contribution in [-0.4, -0.2) is 74.2 Å². The van der Waals surface area contributed by atoms with Crippen molar-refractivity contribution in [3.8, 4) is 0 Å². The van der Waals surface area contributed by atoms with Gasteiger partial charge in [0, 0.05) is 38.8 Å². The van der Waals surface area contributed by atoms with E-state index < -0.39 is 0 Å². The molecule has 0 aromatic carbocycles. The summed E-state index contributed by atoms with van der Waals surface area (Å²) in [5, 5.41) is 3.15. The molecule has 2 rings (SSSR count). The lowest BCUT2D eigenvalue weighted by atomic mass is 9.97. The Morgan fingerprint density at radius 3 is 3.00 bits per heavy atom. The van der Waals surface area contributed by atoms with Crippen LogP contribution in [0.25, 0.3) is 0 Å². The third kappa shape index (κ3) is 3.91. The van der Waals surface area contributed by atoms with Gasteiger partial charge in [0.05, 0.1) is 13.2 Å². The van der Waals surface area contributed by atoms with E-state index >= 15 is 0 Å². The number of amides is 1. The van der Waals surface area contributed by atoms with Gasteiger partial charge in [0.2, 0.25) is 5.91 Å². The van der Waals surface area contributed by atoms with Crippen molar-refractivity contribution in [1.29, 1.82) is 0 Å². The predicted molar refractivity (Wildman–Crippen MR) is 75.1 cm³/mol. The van der Waals surface area contributed by atoms with E-state index in [1.165, 1.54) is 25.8 Å². The molecule has 5 nitrogen and oxygen atoms in total. The summed E-state index contributed by atoms with van der Waals surface area (Å²) in [6.07, 6.45) is 3.87. The van der Waals surface area contributed by atoms with Crippen LogP contribution in [0.3, 0.4) is 0 Å². The summed E-state index contributed by atoms with van der Waals surface area (Å²) in [6, 6.07) is 0.930. The number of carbonyl (C=O) groups is 1. The van der Waals surface area contributed by atoms with Crippen molar-refractivity contribution in [2.75, 3.05) is 46.4 Å². The van der Waals surface area contributed by atoms with Gasteiger partial charge in [0.1, 0.15) is 0 Å². The average molecular weight is 269 g/mol. The van der Waals surface area contributed by atoms with Crippen molar-refractivity contribution in [2.24, 2.45) is 0 Å². The second kappa shape index (κ2) is 7.22. The fourth-order valence-electron chi connectivity index (χ4n) is 3.17. The van der Waals surface area contributed by atoms with E-state index in [2.05, 4.69) is 22.0 Å². The normalized spacial score (nSPS) is 28.2. The van der Waals surface area contributed by atoms with Crippen LogP contribution in [-0.2, 0) is 9.53 Å². The first kappa shape index (κ1) is 14.8. The Morgan fingerprint density at radius 1 is 1.37 bits per heavy atom. The molecule has 0 saturated carbocycles. The molecule has 1 N–H and O–H groups in total. The van der Waals surface area contributed by atoms with Crippen molar-refractivity contribution < 1.29 is 9.53 Å². The lowest BCUT2D eigenvalue weighted by Gasteiger charge is -2.47. The van der Waals surface area contributed by atoms with E-state index in [0.29, 0.717) is 25.2 Å². The summed E-state index contributed by atoms with van der Waals surface area (Å²) in [5.74, 6) is 0.230. The highest BCUT2D eigenvalue weighted by molar-refractivity contribution is 5.78. The number of hydrogen-bond acceptors (Lipinski definition) is 4. The molecule has 0 spiro atoms. The van der Waals surface area contributed by atoms with Gasteiger partial charge in [-0.15, -0.1) is 0 Å². The number of carbonyl (C=O) groups excluding carboxylic acids is 1. The van der Waals surface area contributed by atoms with Gasteiger partial charge >= 0.3 is 0 Å². The van der Waals surface area contributed by atoms with Gasteiger partial charge in [0.25, 0.3) is 0 Å². The van der Waals surface area contributed by atoms with Gasteiger partial charge in [-0.1, -0.05) is 6.42 Å². The molecular formula is C14H27N3O2. The number of ether oxygens (including phenoxy) is 1. The van der Waals surface area contributed by atoms with Gasteiger partial charge < -0.3 is 15.0 Å². The minimum absolute atomic E-state index is 0.230. The maximum atomic E-state index is 12.3. The van der Waals surface area contributed by atoms with Gasteiger partial charge in [0.15, 0.2) is 0 Å². The molecule has 19 heavy (non-hydrogen) atoms. The standard InChI is InChI=1S/C14H27N3O2/c1-12-10-16-7-4-3-5-13(16)11-17(12)14(18)9-15-6-8-19-2/h12-13,15H,3-11H2,1-2H3. The van der Waals surface area contributed by atoms with E-state index in [0.717, 1.165) is 19.6 Å². The molecule has 5 heteroatoms. The van der Waals surface area contributed by atoms with Crippen LogP contribution in [0.2, 0.25) is 0 Å². The first-order chi connectivity index (χ1) is 9.22. The quantitative estimate of drug-likeness (QED) is 0.730. The predicted octanol–water partition coefficient (Wildman–Crippen LogP) is 0.308. The zero-order chi connectivity index (χ0) is 13.7. The van der Waals surface area contributed by atoms with Crippen LogP contribution in [0.4, 0.5) is 0 Å². The third-order valence-corrected chi connectivity index (χ3v) is 4.27. The van der Waals surface area contributed by atoms with Crippen LogP contribution in [0.1, 0.15) is 26.2 Å². The molecule has 2 heterocycles. The Morgan fingerprint density at radius 2 is 2.21 bits per heavy atom. The summed E-state index contributed by atoms with van der Waals surface area (Å²) in [6.45, 7) is 7.14. The Kier molecular flexibility index (Phi) is 5.60. The molecule has 1 amide bonds. The zero-order valence-corrected chi connectivity index (χ0v) is 12.2. The lowest BCUT2D eigenvalue weighted by molar-refractivity contribution is -0.137. The van der Waals surface area contributed by atoms with Gasteiger partial charge in [-0.05, 0) is 26.3 Å². The summed E-state index contributed by atoms with van der Waals surface area (Å²) in [4.78, 5) is 16.9. The van der Waals surface area contributed by atoms with Crippen LogP contribution in [0.15, 0.2) is 0 Å². The largest absolute Gasteiger partial charge is 0.383 e. The number of piperazine rings is 1. The van der Waals surface area contributed by atoms with Gasteiger partial charge in [-0.3, -0.25) is 9.69 Å². The van der Waals surface area contributed by atoms with E-state index in [4.69, 9.17) is 4.74 Å². The second-order valence-corrected chi connectivity index (χ2v) is 5.71. The number of nitrogens with one attached hydrogen (secondary N) is 1. The number of hydrogen-bond donors (Lipinski definition) is 1. The summed E-state index contributed by atoms with van der Waals surface area (Å²) in [5.41, 5.74) is 0. The molecular weight excluding hydrogens is 242 g/mol. The van der Waals surface area contributed by atoms with Crippen LogP contribution >= 0.6 is 0 Å². The molecule has 0 aromatic rings. The topological polar surface area (TPSA) is 44.8 Å². The molecule has 2 unspecified atom stereocenters. The Bertz CT molecular complexity index is 298. The van der Waals surface area contributed by atoms with Crippen LogP contribution in [0, 0.1) is 0 Å². The van der Waals surface area contributed by atoms with Crippen molar-refractivity contribution in [3.63, 3.8) is 0 Å². The highest BCUT2D eigenvalue weighted by Crippen LogP contribution is 2.23. The molecule has 110 valence electrons. The maximum Gasteiger partial charge on any atom is 0.236 e. The molecule has 0 radical (unpaired) electrons. The minimum atomic E-state index is 0.230. The Labute approximate surface area is 116 Å². The lowest BCUT2D eigenvalue weighted by Crippen LogP contribution is -2.61. The van der Waals surface area contributed by atoms with E-state index in [9.17, 15) is 4.79 Å². The number of methoxy groups -OCH3 is 1. The first-order valence-corrected chi connectivity index (χ1v) is 7.45. The van der Waals surface area contributed by atoms with Crippen molar-refractivity contribution in [2.45, 2.75) is 38.3 Å². The SMILES string of the molecule is COCCNCC(=O)N1CC2CCCCN2CC1C. The molecule has 2 saturated heterocycles. The summed E-state index contributed by atoms with van der Waals surface area (Å²) >= 11 is 0.